The van der Waals surface area contributed by atoms with E-state index in [4.69, 9.17) is 0 Å². The van der Waals surface area contributed by atoms with Crippen molar-refractivity contribution in [2.45, 2.75) is 41.0 Å². The molecule has 0 aliphatic heterocycles. The highest BCUT2D eigenvalue weighted by atomic mass is 13.5. The fourth-order valence-electron chi connectivity index (χ4n) is 0.177. The fourth-order valence-corrected chi connectivity index (χ4v) is 0.177. The zero-order valence-corrected chi connectivity index (χ0v) is 8.78. The summed E-state index contributed by atoms with van der Waals surface area (Å²) in [5.74, 6) is 13.2. The lowest BCUT2D eigenvalue weighted by Crippen LogP contribution is -1.45. The van der Waals surface area contributed by atoms with Crippen molar-refractivity contribution in [3.8, 4) is 36.0 Å². The zero-order valence-electron chi connectivity index (χ0n) is 8.78. The van der Waals surface area contributed by atoms with Crippen LogP contribution in [0.5, 0.6) is 0 Å². The third kappa shape index (κ3) is 181. The lowest BCUT2D eigenvalue weighted by Gasteiger charge is -1.58. The molecule has 0 atom stereocenters. The van der Waals surface area contributed by atoms with Gasteiger partial charge in [-0.05, 0) is 27.7 Å². The number of terminal acetylenes is 1. The van der Waals surface area contributed by atoms with Crippen LogP contribution >= 0.6 is 0 Å². The Hall–Kier alpha value is -1.32. The summed E-state index contributed by atoms with van der Waals surface area (Å²) in [6.07, 6.45) is 5.58. The van der Waals surface area contributed by atoms with E-state index in [0.717, 1.165) is 6.42 Å². The molecule has 12 heavy (non-hydrogen) atoms. The van der Waals surface area contributed by atoms with Crippen molar-refractivity contribution < 1.29 is 0 Å². The molecule has 0 aromatic rings. The van der Waals surface area contributed by atoms with Crippen LogP contribution in [0.4, 0.5) is 0 Å². The zero-order chi connectivity index (χ0) is 10.2. The number of hydrogen-bond acceptors (Lipinski definition) is 0. The molecule has 0 aromatic carbocycles. The molecule has 0 unspecified atom stereocenters. The van der Waals surface area contributed by atoms with Gasteiger partial charge in [0.1, 0.15) is 0 Å². The maximum atomic E-state index is 4.60. The van der Waals surface area contributed by atoms with E-state index >= 15 is 0 Å². The van der Waals surface area contributed by atoms with Crippen molar-refractivity contribution in [3.63, 3.8) is 0 Å². The van der Waals surface area contributed by atoms with Crippen LogP contribution in [-0.2, 0) is 0 Å². The van der Waals surface area contributed by atoms with Gasteiger partial charge in [-0.15, -0.1) is 36.0 Å². The second-order valence-electron chi connectivity index (χ2n) is 1.57. The molecule has 0 heteroatoms. The first kappa shape index (κ1) is 17.0. The predicted octanol–water partition coefficient (Wildman–Crippen LogP) is 3.09. The van der Waals surface area contributed by atoms with Crippen molar-refractivity contribution in [2.75, 3.05) is 0 Å². The van der Waals surface area contributed by atoms with Gasteiger partial charge in [-0.3, -0.25) is 0 Å². The van der Waals surface area contributed by atoms with Gasteiger partial charge < -0.3 is 0 Å². The standard InChI is InChI=1S/C5H8.C4H6.C3H4/c1-3-5-4-2;1-3-4-2;1-3-2/h3H2,1-2H3;1-2H3;1H,2H3. The molecule has 0 fully saturated rings. The van der Waals surface area contributed by atoms with E-state index in [-0.39, 0.29) is 0 Å². The van der Waals surface area contributed by atoms with Crippen LogP contribution < -0.4 is 0 Å². The van der Waals surface area contributed by atoms with Crippen LogP contribution in [0.15, 0.2) is 0 Å². The minimum Gasteiger partial charge on any atom is -0.120 e. The Balaban J connectivity index is -0.000000105. The van der Waals surface area contributed by atoms with Crippen LogP contribution in [-0.4, -0.2) is 0 Å². The molecular weight excluding hydrogens is 144 g/mol. The molecule has 0 spiro atoms. The topological polar surface area (TPSA) is 0 Å². The molecule has 0 heterocycles. The summed E-state index contributed by atoms with van der Waals surface area (Å²) in [6.45, 7) is 9.18. The van der Waals surface area contributed by atoms with Gasteiger partial charge in [0.05, 0.1) is 0 Å². The molecule has 0 rings (SSSR count). The van der Waals surface area contributed by atoms with E-state index in [1.54, 1.807) is 6.92 Å². The van der Waals surface area contributed by atoms with Gasteiger partial charge in [0.2, 0.25) is 0 Å². The van der Waals surface area contributed by atoms with Crippen molar-refractivity contribution >= 4 is 0 Å². The third-order valence-corrected chi connectivity index (χ3v) is 0.604. The van der Waals surface area contributed by atoms with Crippen molar-refractivity contribution in [2.24, 2.45) is 0 Å². The average Bonchev–Trinajstić information content (AvgIpc) is 2.08. The van der Waals surface area contributed by atoms with E-state index in [9.17, 15) is 0 Å². The van der Waals surface area contributed by atoms with Gasteiger partial charge in [-0.1, -0.05) is 6.92 Å². The minimum absolute atomic E-state index is 0.983. The third-order valence-electron chi connectivity index (χ3n) is 0.604. The lowest BCUT2D eigenvalue weighted by atomic mass is 10.5. The highest BCUT2D eigenvalue weighted by molar-refractivity contribution is 4.92. The Morgan fingerprint density at radius 3 is 1.25 bits per heavy atom. The SMILES string of the molecule is C#CC.CC#CC.CC#CCC. The quantitative estimate of drug-likeness (QED) is 0.480. The van der Waals surface area contributed by atoms with Gasteiger partial charge >= 0.3 is 0 Å². The molecule has 0 aromatic heterocycles. The number of hydrogen-bond donors (Lipinski definition) is 0. The summed E-state index contributed by atoms with van der Waals surface area (Å²) in [5, 5.41) is 0. The maximum Gasteiger partial charge on any atom is 0.00601 e. The molecule has 0 N–H and O–H groups in total. The molecule has 0 amide bonds. The molecule has 0 bridgehead atoms. The first-order chi connectivity index (χ1) is 5.74. The average molecular weight is 162 g/mol. The van der Waals surface area contributed by atoms with Gasteiger partial charge in [0, 0.05) is 6.42 Å². The second-order valence-corrected chi connectivity index (χ2v) is 1.57. The second kappa shape index (κ2) is 33.3. The molecule has 0 aliphatic carbocycles. The monoisotopic (exact) mass is 162 g/mol. The first-order valence-corrected chi connectivity index (χ1v) is 3.85. The van der Waals surface area contributed by atoms with Crippen LogP contribution in [0.1, 0.15) is 41.0 Å². The van der Waals surface area contributed by atoms with Gasteiger partial charge in [-0.2, -0.15) is 0 Å². The summed E-state index contributed by atoms with van der Waals surface area (Å²) >= 11 is 0. The van der Waals surface area contributed by atoms with Crippen LogP contribution in [0.3, 0.4) is 0 Å². The summed E-state index contributed by atoms with van der Waals surface area (Å²) in [6, 6.07) is 0. The van der Waals surface area contributed by atoms with Crippen molar-refractivity contribution in [3.05, 3.63) is 0 Å². The maximum absolute atomic E-state index is 4.60. The van der Waals surface area contributed by atoms with E-state index in [0.29, 0.717) is 0 Å². The number of rotatable bonds is 0. The first-order valence-electron chi connectivity index (χ1n) is 3.85. The molecule has 0 radical (unpaired) electrons. The summed E-state index contributed by atoms with van der Waals surface area (Å²) < 4.78 is 0. The van der Waals surface area contributed by atoms with E-state index in [2.05, 4.69) is 36.0 Å². The van der Waals surface area contributed by atoms with Gasteiger partial charge in [0.25, 0.3) is 0 Å². The Morgan fingerprint density at radius 2 is 1.25 bits per heavy atom. The van der Waals surface area contributed by atoms with E-state index in [1.165, 1.54) is 0 Å². The van der Waals surface area contributed by atoms with Crippen LogP contribution in [0, 0.1) is 36.0 Å². The summed E-state index contributed by atoms with van der Waals surface area (Å²) in [4.78, 5) is 0. The largest absolute Gasteiger partial charge is 0.120 e. The highest BCUT2D eigenvalue weighted by Gasteiger charge is 1.48. The predicted molar refractivity (Wildman–Crippen MR) is 57.4 cm³/mol. The molecule has 0 saturated heterocycles. The Morgan fingerprint density at radius 1 is 0.917 bits per heavy atom. The van der Waals surface area contributed by atoms with Crippen LogP contribution in [0.25, 0.3) is 0 Å². The molecule has 66 valence electrons. The molecule has 0 nitrogen and oxygen atoms in total. The Bertz CT molecular complexity index is 188. The Kier molecular flexibility index (Phi) is 47.1. The molecule has 0 aliphatic rings. The highest BCUT2D eigenvalue weighted by Crippen LogP contribution is 1.62. The lowest BCUT2D eigenvalue weighted by molar-refractivity contribution is 1.28. The fraction of sp³-hybridized carbons (Fsp3) is 0.500. The summed E-state index contributed by atoms with van der Waals surface area (Å²) in [5.41, 5.74) is 0. The minimum atomic E-state index is 0.983. The van der Waals surface area contributed by atoms with Crippen molar-refractivity contribution in [1.82, 2.24) is 0 Å². The normalized spacial score (nSPS) is 4.00. The van der Waals surface area contributed by atoms with Gasteiger partial charge in [0.15, 0.2) is 0 Å². The van der Waals surface area contributed by atoms with E-state index in [1.807, 2.05) is 27.7 Å². The molecular formula is C12H18. The van der Waals surface area contributed by atoms with E-state index < -0.39 is 0 Å². The molecule has 0 saturated carbocycles. The van der Waals surface area contributed by atoms with Crippen LogP contribution in [0.2, 0.25) is 0 Å². The summed E-state index contributed by atoms with van der Waals surface area (Å²) in [7, 11) is 0. The van der Waals surface area contributed by atoms with Crippen molar-refractivity contribution in [1.29, 1.82) is 0 Å². The Labute approximate surface area is 77.8 Å². The smallest absolute Gasteiger partial charge is 0.00601 e. The van der Waals surface area contributed by atoms with Gasteiger partial charge in [-0.25, -0.2) is 0 Å².